The molecule has 0 unspecified atom stereocenters. The summed E-state index contributed by atoms with van der Waals surface area (Å²) in [6.45, 7) is 1.91. The molecule has 78 valence electrons. The van der Waals surface area contributed by atoms with Gasteiger partial charge in [-0.15, -0.1) is 0 Å². The van der Waals surface area contributed by atoms with Crippen LogP contribution in [0.2, 0.25) is 0 Å². The van der Waals surface area contributed by atoms with Crippen molar-refractivity contribution in [2.75, 3.05) is 6.26 Å². The van der Waals surface area contributed by atoms with Crippen LogP contribution in [0, 0.1) is 0 Å². The first kappa shape index (κ1) is 10.7. The first-order chi connectivity index (χ1) is 6.38. The largest absolute Gasteiger partial charge is 0.477 e. The minimum absolute atomic E-state index is 0.118. The average molecular weight is 218 g/mol. The van der Waals surface area contributed by atoms with Crippen molar-refractivity contribution in [2.24, 2.45) is 0 Å². The SMILES string of the molecule is CCn1c(C(=O)O)cnc1S(C)(=O)=O. The van der Waals surface area contributed by atoms with E-state index in [0.717, 1.165) is 17.0 Å². The summed E-state index contributed by atoms with van der Waals surface area (Å²) < 4.78 is 23.5. The topological polar surface area (TPSA) is 89.3 Å². The van der Waals surface area contributed by atoms with E-state index < -0.39 is 15.8 Å². The third kappa shape index (κ3) is 1.77. The third-order valence-electron chi connectivity index (χ3n) is 1.69. The van der Waals surface area contributed by atoms with Gasteiger partial charge in [0.1, 0.15) is 5.69 Å². The van der Waals surface area contributed by atoms with Crippen LogP contribution in [-0.2, 0) is 16.4 Å². The third-order valence-corrected chi connectivity index (χ3v) is 2.68. The van der Waals surface area contributed by atoms with Gasteiger partial charge in [-0.1, -0.05) is 0 Å². The molecule has 0 fully saturated rings. The summed E-state index contributed by atoms with van der Waals surface area (Å²) in [6.07, 6.45) is 2.04. The summed E-state index contributed by atoms with van der Waals surface area (Å²) in [5, 5.41) is 8.51. The predicted octanol–water partition coefficient (Wildman–Crippen LogP) is 0.00470. The second kappa shape index (κ2) is 3.41. The number of carbonyl (C=O) groups is 1. The summed E-state index contributed by atoms with van der Waals surface area (Å²) in [7, 11) is -3.47. The van der Waals surface area contributed by atoms with Gasteiger partial charge in [-0.05, 0) is 6.92 Å². The number of nitrogens with zero attached hydrogens (tertiary/aromatic N) is 2. The molecule has 1 N–H and O–H groups in total. The predicted molar refractivity (Wildman–Crippen MR) is 48.0 cm³/mol. The summed E-state index contributed by atoms with van der Waals surface area (Å²) in [6, 6.07) is 0. The van der Waals surface area contributed by atoms with Crippen LogP contribution in [0.3, 0.4) is 0 Å². The van der Waals surface area contributed by atoms with E-state index in [1.54, 1.807) is 6.92 Å². The zero-order valence-corrected chi connectivity index (χ0v) is 8.58. The molecule has 0 atom stereocenters. The Hall–Kier alpha value is -1.37. The van der Waals surface area contributed by atoms with Gasteiger partial charge >= 0.3 is 5.97 Å². The van der Waals surface area contributed by atoms with Crippen LogP contribution < -0.4 is 0 Å². The zero-order valence-electron chi connectivity index (χ0n) is 7.76. The standard InChI is InChI=1S/C7H10N2O4S/c1-3-9-5(6(10)11)4-8-7(9)14(2,12)13/h4H,3H2,1-2H3,(H,10,11). The Balaban J connectivity index is 3.43. The molecule has 1 heterocycles. The summed E-state index contributed by atoms with van der Waals surface area (Å²) in [4.78, 5) is 14.2. The minimum atomic E-state index is -3.47. The van der Waals surface area contributed by atoms with Crippen LogP contribution in [0.1, 0.15) is 17.4 Å². The normalized spacial score (nSPS) is 11.6. The molecule has 0 aromatic carbocycles. The molecule has 0 spiro atoms. The number of aromatic nitrogens is 2. The van der Waals surface area contributed by atoms with Crippen molar-refractivity contribution in [3.8, 4) is 0 Å². The lowest BCUT2D eigenvalue weighted by Crippen LogP contribution is -2.13. The van der Waals surface area contributed by atoms with Gasteiger partial charge in [0.25, 0.3) is 0 Å². The lowest BCUT2D eigenvalue weighted by Gasteiger charge is -2.04. The quantitative estimate of drug-likeness (QED) is 0.771. The maximum Gasteiger partial charge on any atom is 0.354 e. The summed E-state index contributed by atoms with van der Waals surface area (Å²) in [5.74, 6) is -1.19. The molecule has 0 aliphatic carbocycles. The molecule has 0 aliphatic rings. The summed E-state index contributed by atoms with van der Waals surface area (Å²) >= 11 is 0. The van der Waals surface area contributed by atoms with E-state index >= 15 is 0 Å². The van der Waals surface area contributed by atoms with Gasteiger partial charge in [-0.25, -0.2) is 18.2 Å². The molecule has 1 aromatic heterocycles. The van der Waals surface area contributed by atoms with Crippen LogP contribution >= 0.6 is 0 Å². The highest BCUT2D eigenvalue weighted by atomic mass is 32.2. The fourth-order valence-corrected chi connectivity index (χ4v) is 2.00. The van der Waals surface area contributed by atoms with E-state index in [9.17, 15) is 13.2 Å². The van der Waals surface area contributed by atoms with Crippen molar-refractivity contribution in [2.45, 2.75) is 18.6 Å². The summed E-state index contributed by atoms with van der Waals surface area (Å²) in [5.41, 5.74) is -0.118. The van der Waals surface area contributed by atoms with Crippen molar-refractivity contribution < 1.29 is 18.3 Å². The molecule has 0 amide bonds. The minimum Gasteiger partial charge on any atom is -0.477 e. The van der Waals surface area contributed by atoms with Gasteiger partial charge in [0.15, 0.2) is 0 Å². The van der Waals surface area contributed by atoms with Crippen LogP contribution in [0.15, 0.2) is 11.4 Å². The Labute approximate surface area is 81.1 Å². The van der Waals surface area contributed by atoms with E-state index in [0.29, 0.717) is 0 Å². The molecule has 0 aliphatic heterocycles. The first-order valence-electron chi connectivity index (χ1n) is 3.86. The fraction of sp³-hybridized carbons (Fsp3) is 0.429. The maximum absolute atomic E-state index is 11.2. The van der Waals surface area contributed by atoms with Gasteiger partial charge in [0.05, 0.1) is 6.20 Å². The van der Waals surface area contributed by atoms with E-state index in [2.05, 4.69) is 4.98 Å². The highest BCUT2D eigenvalue weighted by Gasteiger charge is 2.20. The number of sulfone groups is 1. The molecule has 0 saturated carbocycles. The van der Waals surface area contributed by atoms with Crippen LogP contribution in [0.25, 0.3) is 0 Å². The van der Waals surface area contributed by atoms with E-state index in [-0.39, 0.29) is 17.4 Å². The number of carboxylic acids is 1. The Kier molecular flexibility index (Phi) is 2.61. The molecule has 1 rings (SSSR count). The molecular weight excluding hydrogens is 208 g/mol. The first-order valence-corrected chi connectivity index (χ1v) is 5.76. The van der Waals surface area contributed by atoms with Crippen molar-refractivity contribution in [3.63, 3.8) is 0 Å². The Morgan fingerprint density at radius 2 is 2.21 bits per heavy atom. The average Bonchev–Trinajstić information content (AvgIpc) is 2.45. The van der Waals surface area contributed by atoms with Gasteiger partial charge in [-0.3, -0.25) is 0 Å². The second-order valence-electron chi connectivity index (χ2n) is 2.75. The second-order valence-corrected chi connectivity index (χ2v) is 4.66. The Bertz CT molecular complexity index is 460. The van der Waals surface area contributed by atoms with E-state index in [1.807, 2.05) is 0 Å². The highest BCUT2D eigenvalue weighted by molar-refractivity contribution is 7.90. The van der Waals surface area contributed by atoms with Crippen LogP contribution in [0.5, 0.6) is 0 Å². The van der Waals surface area contributed by atoms with Gasteiger partial charge in [0, 0.05) is 12.8 Å². The van der Waals surface area contributed by atoms with Crippen LogP contribution in [0.4, 0.5) is 0 Å². The molecule has 0 radical (unpaired) electrons. The molecule has 0 saturated heterocycles. The van der Waals surface area contributed by atoms with Gasteiger partial charge in [0.2, 0.25) is 15.0 Å². The lowest BCUT2D eigenvalue weighted by molar-refractivity contribution is 0.0684. The molecule has 14 heavy (non-hydrogen) atoms. The van der Waals surface area contributed by atoms with Crippen molar-refractivity contribution in [1.29, 1.82) is 0 Å². The number of hydrogen-bond acceptors (Lipinski definition) is 4. The molecule has 0 bridgehead atoms. The fourth-order valence-electron chi connectivity index (χ4n) is 1.13. The number of aromatic carboxylic acids is 1. The van der Waals surface area contributed by atoms with Crippen LogP contribution in [-0.4, -0.2) is 35.3 Å². The van der Waals surface area contributed by atoms with Gasteiger partial charge < -0.3 is 9.67 Å². The lowest BCUT2D eigenvalue weighted by atomic mass is 10.5. The molecule has 1 aromatic rings. The zero-order chi connectivity index (χ0) is 10.9. The number of hydrogen-bond donors (Lipinski definition) is 1. The van der Waals surface area contributed by atoms with Crippen molar-refractivity contribution in [1.82, 2.24) is 9.55 Å². The smallest absolute Gasteiger partial charge is 0.354 e. The van der Waals surface area contributed by atoms with E-state index in [4.69, 9.17) is 5.11 Å². The number of rotatable bonds is 3. The Morgan fingerprint density at radius 1 is 1.64 bits per heavy atom. The molecule has 7 heteroatoms. The molecule has 6 nitrogen and oxygen atoms in total. The Morgan fingerprint density at radius 3 is 2.57 bits per heavy atom. The van der Waals surface area contributed by atoms with Crippen molar-refractivity contribution in [3.05, 3.63) is 11.9 Å². The number of carboxylic acid groups (broad SMARTS) is 1. The number of imidazole rings is 1. The molecular formula is C7H10N2O4S. The monoisotopic (exact) mass is 218 g/mol. The van der Waals surface area contributed by atoms with Crippen molar-refractivity contribution >= 4 is 15.8 Å². The van der Waals surface area contributed by atoms with E-state index in [1.165, 1.54) is 0 Å². The maximum atomic E-state index is 11.2. The van der Waals surface area contributed by atoms with Gasteiger partial charge in [-0.2, -0.15) is 0 Å². The highest BCUT2D eigenvalue weighted by Crippen LogP contribution is 2.10.